The second-order valence-corrected chi connectivity index (χ2v) is 8.32. The molecule has 2 atom stereocenters. The van der Waals surface area contributed by atoms with Gasteiger partial charge < -0.3 is 14.4 Å². The lowest BCUT2D eigenvalue weighted by molar-refractivity contribution is 0.122. The zero-order chi connectivity index (χ0) is 21.1. The third-order valence-corrected chi connectivity index (χ3v) is 6.08. The van der Waals surface area contributed by atoms with Crippen molar-refractivity contribution in [3.8, 4) is 0 Å². The van der Waals surface area contributed by atoms with Gasteiger partial charge in [-0.3, -0.25) is 4.90 Å². The summed E-state index contributed by atoms with van der Waals surface area (Å²) in [4.78, 5) is 15.9. The Hall–Kier alpha value is -2.31. The number of rotatable bonds is 6. The third kappa shape index (κ3) is 5.49. The average Bonchev–Trinajstić information content (AvgIpc) is 3.13. The summed E-state index contributed by atoms with van der Waals surface area (Å²) in [5, 5.41) is 0.721. The first-order chi connectivity index (χ1) is 14.5. The van der Waals surface area contributed by atoms with Gasteiger partial charge in [0.15, 0.2) is 0 Å². The average molecular weight is 449 g/mol. The zero-order valence-corrected chi connectivity index (χ0v) is 17.8. The highest BCUT2D eigenvalue weighted by molar-refractivity contribution is 6.30. The van der Waals surface area contributed by atoms with E-state index in [-0.39, 0.29) is 19.3 Å². The first-order valence-corrected chi connectivity index (χ1v) is 10.7. The number of carbonyl (C=O) groups excluding carboxylic acids is 1. The maximum Gasteiger partial charge on any atom is 0.414 e. The number of hydrogen-bond acceptors (Lipinski definition) is 4. The lowest BCUT2D eigenvalue weighted by Gasteiger charge is -2.29. The van der Waals surface area contributed by atoms with Crippen LogP contribution in [0, 0.1) is 5.82 Å². The summed E-state index contributed by atoms with van der Waals surface area (Å²) in [6, 6.07) is 12.8. The van der Waals surface area contributed by atoms with E-state index in [1.54, 1.807) is 12.1 Å². The zero-order valence-electron chi connectivity index (χ0n) is 17.0. The van der Waals surface area contributed by atoms with Crippen LogP contribution in [-0.4, -0.2) is 45.0 Å². The SMILES string of the molecule is C.C[C@H](CC[C@H]1CN(c2ccc(N3CCOCC3)c(F)c2)C(=O)O1)c1ccc(Cl)cc1. The smallest absolute Gasteiger partial charge is 0.414 e. The number of cyclic esters (lactones) is 1. The van der Waals surface area contributed by atoms with Crippen LogP contribution in [0.2, 0.25) is 5.02 Å². The second-order valence-electron chi connectivity index (χ2n) is 7.88. The molecular formula is C24H30ClFN2O3. The molecule has 2 fully saturated rings. The van der Waals surface area contributed by atoms with Gasteiger partial charge in [0.2, 0.25) is 0 Å². The highest BCUT2D eigenvalue weighted by Gasteiger charge is 2.33. The molecule has 2 aromatic carbocycles. The number of ether oxygens (including phenoxy) is 2. The summed E-state index contributed by atoms with van der Waals surface area (Å²) in [7, 11) is 0. The van der Waals surface area contributed by atoms with Gasteiger partial charge in [0, 0.05) is 18.1 Å². The molecule has 0 bridgehead atoms. The molecule has 0 aromatic heterocycles. The van der Waals surface area contributed by atoms with Crippen LogP contribution in [0.5, 0.6) is 0 Å². The Bertz CT molecular complexity index is 887. The molecule has 2 heterocycles. The number of morpholine rings is 1. The van der Waals surface area contributed by atoms with Gasteiger partial charge in [-0.05, 0) is 54.7 Å². The molecule has 7 heteroatoms. The van der Waals surface area contributed by atoms with Crippen LogP contribution in [0.3, 0.4) is 0 Å². The maximum atomic E-state index is 14.7. The van der Waals surface area contributed by atoms with Crippen LogP contribution in [0.1, 0.15) is 38.7 Å². The number of anilines is 2. The summed E-state index contributed by atoms with van der Waals surface area (Å²) in [5.41, 5.74) is 2.28. The number of carbonyl (C=O) groups is 1. The molecule has 2 aromatic rings. The van der Waals surface area contributed by atoms with E-state index in [0.29, 0.717) is 50.1 Å². The summed E-state index contributed by atoms with van der Waals surface area (Å²) in [6.45, 7) is 5.09. The molecule has 0 N–H and O–H groups in total. The van der Waals surface area contributed by atoms with Crippen molar-refractivity contribution in [2.45, 2.75) is 39.2 Å². The van der Waals surface area contributed by atoms with E-state index in [1.165, 1.54) is 16.5 Å². The fourth-order valence-corrected chi connectivity index (χ4v) is 4.13. The number of halogens is 2. The van der Waals surface area contributed by atoms with E-state index in [1.807, 2.05) is 29.2 Å². The van der Waals surface area contributed by atoms with E-state index in [4.69, 9.17) is 21.1 Å². The minimum atomic E-state index is -0.419. The van der Waals surface area contributed by atoms with Crippen LogP contribution in [0.15, 0.2) is 42.5 Å². The van der Waals surface area contributed by atoms with Crippen molar-refractivity contribution in [3.63, 3.8) is 0 Å². The number of benzene rings is 2. The minimum absolute atomic E-state index is 0. The van der Waals surface area contributed by atoms with Crippen LogP contribution < -0.4 is 9.80 Å². The highest BCUT2D eigenvalue weighted by atomic mass is 35.5. The Balaban J connectivity index is 0.00000272. The fraction of sp³-hybridized carbons (Fsp3) is 0.458. The Morgan fingerprint density at radius 1 is 1.16 bits per heavy atom. The van der Waals surface area contributed by atoms with Crippen LogP contribution in [-0.2, 0) is 9.47 Å². The molecule has 2 saturated heterocycles. The molecule has 0 radical (unpaired) electrons. The predicted octanol–water partition coefficient (Wildman–Crippen LogP) is 5.86. The first kappa shape index (κ1) is 23.4. The first-order valence-electron chi connectivity index (χ1n) is 10.4. The van der Waals surface area contributed by atoms with Crippen LogP contribution in [0.25, 0.3) is 0 Å². The van der Waals surface area contributed by atoms with Gasteiger partial charge in [-0.1, -0.05) is 38.1 Å². The molecule has 168 valence electrons. The molecular weight excluding hydrogens is 419 g/mol. The van der Waals surface area contributed by atoms with Crippen molar-refractivity contribution in [1.29, 1.82) is 0 Å². The van der Waals surface area contributed by atoms with Crippen molar-refractivity contribution in [2.24, 2.45) is 0 Å². The fourth-order valence-electron chi connectivity index (χ4n) is 4.00. The Kier molecular flexibility index (Phi) is 7.79. The van der Waals surface area contributed by atoms with Gasteiger partial charge in [-0.2, -0.15) is 0 Å². The van der Waals surface area contributed by atoms with Gasteiger partial charge >= 0.3 is 6.09 Å². The summed E-state index contributed by atoms with van der Waals surface area (Å²) >= 11 is 5.95. The van der Waals surface area contributed by atoms with Gasteiger partial charge in [-0.15, -0.1) is 0 Å². The molecule has 0 unspecified atom stereocenters. The predicted molar refractivity (Wildman–Crippen MR) is 123 cm³/mol. The van der Waals surface area contributed by atoms with Crippen molar-refractivity contribution in [1.82, 2.24) is 0 Å². The molecule has 0 aliphatic carbocycles. The molecule has 0 spiro atoms. The van der Waals surface area contributed by atoms with Crippen molar-refractivity contribution in [3.05, 3.63) is 58.9 Å². The van der Waals surface area contributed by atoms with Crippen molar-refractivity contribution < 1.29 is 18.7 Å². The van der Waals surface area contributed by atoms with Gasteiger partial charge in [0.05, 0.1) is 31.1 Å². The van der Waals surface area contributed by atoms with Gasteiger partial charge in [-0.25, -0.2) is 9.18 Å². The molecule has 2 aliphatic heterocycles. The number of nitrogens with zero attached hydrogens (tertiary/aromatic N) is 2. The van der Waals surface area contributed by atoms with Gasteiger partial charge in [0.25, 0.3) is 0 Å². The second kappa shape index (κ2) is 10.3. The topological polar surface area (TPSA) is 42.0 Å². The third-order valence-electron chi connectivity index (χ3n) is 5.83. The van der Waals surface area contributed by atoms with E-state index < -0.39 is 6.09 Å². The lowest BCUT2D eigenvalue weighted by atomic mass is 9.95. The lowest BCUT2D eigenvalue weighted by Crippen LogP contribution is -2.36. The van der Waals surface area contributed by atoms with E-state index in [9.17, 15) is 9.18 Å². The molecule has 0 saturated carbocycles. The van der Waals surface area contributed by atoms with E-state index in [0.717, 1.165) is 17.9 Å². The molecule has 2 aliphatic rings. The molecule has 1 amide bonds. The molecule has 4 rings (SSSR count). The van der Waals surface area contributed by atoms with Crippen LogP contribution >= 0.6 is 11.6 Å². The minimum Gasteiger partial charge on any atom is -0.444 e. The van der Waals surface area contributed by atoms with Crippen LogP contribution in [0.4, 0.5) is 20.6 Å². The summed E-state index contributed by atoms with van der Waals surface area (Å²) in [5.74, 6) is 0.00211. The normalized spacial score (nSPS) is 19.7. The largest absolute Gasteiger partial charge is 0.444 e. The van der Waals surface area contributed by atoms with Gasteiger partial charge in [0.1, 0.15) is 11.9 Å². The van der Waals surface area contributed by atoms with E-state index in [2.05, 4.69) is 6.92 Å². The van der Waals surface area contributed by atoms with Crippen molar-refractivity contribution >= 4 is 29.1 Å². The maximum absolute atomic E-state index is 14.7. The van der Waals surface area contributed by atoms with E-state index >= 15 is 0 Å². The quantitative estimate of drug-likeness (QED) is 0.555. The molecule has 5 nitrogen and oxygen atoms in total. The summed E-state index contributed by atoms with van der Waals surface area (Å²) in [6.07, 6.45) is 1.02. The standard InChI is InChI=1S/C23H26ClFN2O3.CH4/c1-16(17-3-5-18(24)6-4-17)2-8-20-15-27(23(28)30-20)19-7-9-22(21(25)14-19)26-10-12-29-13-11-26;/h3-7,9,14,16,20H,2,8,10-13,15H2,1H3;1H4/t16-,20+;/m1./s1. The Morgan fingerprint density at radius 2 is 1.87 bits per heavy atom. The molecule has 31 heavy (non-hydrogen) atoms. The highest BCUT2D eigenvalue weighted by Crippen LogP contribution is 2.30. The number of hydrogen-bond donors (Lipinski definition) is 0. The Labute approximate surface area is 188 Å². The monoisotopic (exact) mass is 448 g/mol. The van der Waals surface area contributed by atoms with Crippen molar-refractivity contribution in [2.75, 3.05) is 42.6 Å². The summed E-state index contributed by atoms with van der Waals surface area (Å²) < 4.78 is 25.6. The Morgan fingerprint density at radius 3 is 2.55 bits per heavy atom. The number of amides is 1.